The summed E-state index contributed by atoms with van der Waals surface area (Å²) in [5, 5.41) is 11.0. The van der Waals surface area contributed by atoms with Crippen molar-refractivity contribution >= 4 is 0 Å². The van der Waals surface area contributed by atoms with E-state index in [0.717, 1.165) is 44.5 Å². The van der Waals surface area contributed by atoms with E-state index in [4.69, 9.17) is 0 Å². The van der Waals surface area contributed by atoms with Crippen LogP contribution < -0.4 is 0 Å². The van der Waals surface area contributed by atoms with E-state index in [1.165, 1.54) is 11.1 Å². The van der Waals surface area contributed by atoms with Crippen LogP contribution in [0.1, 0.15) is 42.9 Å². The third-order valence-corrected chi connectivity index (χ3v) is 4.11. The third-order valence-electron chi connectivity index (χ3n) is 4.11. The molecule has 2 nitrogen and oxygen atoms in total. The second-order valence-corrected chi connectivity index (χ2v) is 5.70. The number of hydrogen-bond donors (Lipinski definition) is 1. The molecule has 0 spiro atoms. The predicted molar refractivity (Wildman–Crippen MR) is 75.8 cm³/mol. The highest BCUT2D eigenvalue weighted by Gasteiger charge is 2.31. The lowest BCUT2D eigenvalue weighted by atomic mass is 9.85. The van der Waals surface area contributed by atoms with E-state index in [9.17, 15) is 5.11 Å². The molecule has 2 rings (SSSR count). The average Bonchev–Trinajstić information content (AvgIpc) is 2.51. The molecule has 1 unspecified atom stereocenters. The fraction of sp³-hybridized carbons (Fsp3) is 0.625. The van der Waals surface area contributed by atoms with Gasteiger partial charge in [-0.15, -0.1) is 0 Å². The van der Waals surface area contributed by atoms with Gasteiger partial charge in [0.2, 0.25) is 0 Å². The maximum Gasteiger partial charge on any atom is 0.0909 e. The Labute approximate surface area is 111 Å². The van der Waals surface area contributed by atoms with Gasteiger partial charge in [-0.25, -0.2) is 0 Å². The molecule has 100 valence electrons. The van der Waals surface area contributed by atoms with Crippen molar-refractivity contribution in [3.63, 3.8) is 0 Å². The molecule has 0 radical (unpaired) electrons. The number of aliphatic hydroxyl groups is 1. The topological polar surface area (TPSA) is 23.5 Å². The molecule has 0 aromatic heterocycles. The first-order valence-electron chi connectivity index (χ1n) is 7.07. The molecule has 1 aromatic rings. The van der Waals surface area contributed by atoms with Crippen LogP contribution in [0.25, 0.3) is 0 Å². The molecule has 0 aliphatic carbocycles. The van der Waals surface area contributed by atoms with Gasteiger partial charge >= 0.3 is 0 Å². The smallest absolute Gasteiger partial charge is 0.0909 e. The first kappa shape index (κ1) is 13.6. The van der Waals surface area contributed by atoms with Crippen molar-refractivity contribution in [2.24, 2.45) is 0 Å². The molecule has 1 atom stereocenters. The molecule has 2 heteroatoms. The Morgan fingerprint density at radius 1 is 1.11 bits per heavy atom. The van der Waals surface area contributed by atoms with Gasteiger partial charge < -0.3 is 10.0 Å². The van der Waals surface area contributed by atoms with Crippen molar-refractivity contribution in [1.29, 1.82) is 0 Å². The third kappa shape index (κ3) is 2.93. The fourth-order valence-corrected chi connectivity index (χ4v) is 3.02. The minimum atomic E-state index is -0.624. The number of likely N-dealkylation sites (tertiary alicyclic amines) is 1. The van der Waals surface area contributed by atoms with Gasteiger partial charge in [-0.2, -0.15) is 0 Å². The van der Waals surface area contributed by atoms with E-state index in [2.05, 4.69) is 43.9 Å². The number of hydrogen-bond acceptors (Lipinski definition) is 2. The van der Waals surface area contributed by atoms with E-state index in [-0.39, 0.29) is 0 Å². The van der Waals surface area contributed by atoms with Crippen LogP contribution in [0.3, 0.4) is 0 Å². The highest BCUT2D eigenvalue weighted by atomic mass is 16.3. The molecular weight excluding hydrogens is 222 g/mol. The van der Waals surface area contributed by atoms with Crippen LogP contribution >= 0.6 is 0 Å². The summed E-state index contributed by atoms with van der Waals surface area (Å²) >= 11 is 0. The van der Waals surface area contributed by atoms with Crippen molar-refractivity contribution in [1.82, 2.24) is 4.90 Å². The second kappa shape index (κ2) is 5.41. The van der Waals surface area contributed by atoms with E-state index in [1.54, 1.807) is 0 Å². The zero-order valence-electron chi connectivity index (χ0n) is 11.9. The van der Waals surface area contributed by atoms with E-state index in [0.29, 0.717) is 0 Å². The monoisotopic (exact) mass is 247 g/mol. The predicted octanol–water partition coefficient (Wildman–Crippen LogP) is 3.00. The van der Waals surface area contributed by atoms with Crippen molar-refractivity contribution in [2.45, 2.75) is 45.6 Å². The summed E-state index contributed by atoms with van der Waals surface area (Å²) in [6.07, 6.45) is 2.81. The lowest BCUT2D eigenvalue weighted by molar-refractivity contribution is 0.0212. The highest BCUT2D eigenvalue weighted by Crippen LogP contribution is 2.33. The van der Waals surface area contributed by atoms with Crippen molar-refractivity contribution in [2.75, 3.05) is 19.6 Å². The Morgan fingerprint density at radius 3 is 2.39 bits per heavy atom. The second-order valence-electron chi connectivity index (χ2n) is 5.70. The van der Waals surface area contributed by atoms with E-state index in [1.807, 2.05) is 0 Å². The Kier molecular flexibility index (Phi) is 4.08. The standard InChI is InChI=1S/C16H25NO/c1-4-17-8-5-6-16(18,7-9-17)15-11-13(2)10-14(3)12-15/h10-12,18H,4-9H2,1-3H3. The van der Waals surface area contributed by atoms with Gasteiger partial charge in [0.1, 0.15) is 0 Å². The molecule has 1 heterocycles. The lowest BCUT2D eigenvalue weighted by Gasteiger charge is -2.28. The molecule has 0 amide bonds. The van der Waals surface area contributed by atoms with Crippen LogP contribution in [0.15, 0.2) is 18.2 Å². The lowest BCUT2D eigenvalue weighted by Crippen LogP contribution is -2.29. The van der Waals surface area contributed by atoms with Gasteiger partial charge in [-0.05, 0) is 51.8 Å². The zero-order valence-corrected chi connectivity index (χ0v) is 11.9. The molecule has 0 bridgehead atoms. The Balaban J connectivity index is 2.24. The molecular formula is C16H25NO. The fourth-order valence-electron chi connectivity index (χ4n) is 3.02. The van der Waals surface area contributed by atoms with Crippen molar-refractivity contribution < 1.29 is 5.11 Å². The van der Waals surface area contributed by atoms with Crippen LogP contribution in [0.5, 0.6) is 0 Å². The molecule has 1 saturated heterocycles. The van der Waals surface area contributed by atoms with Gasteiger partial charge in [-0.3, -0.25) is 0 Å². The van der Waals surface area contributed by atoms with Crippen molar-refractivity contribution in [3.8, 4) is 0 Å². The summed E-state index contributed by atoms with van der Waals surface area (Å²) < 4.78 is 0. The Hall–Kier alpha value is -0.860. The molecule has 1 aliphatic rings. The summed E-state index contributed by atoms with van der Waals surface area (Å²) in [7, 11) is 0. The van der Waals surface area contributed by atoms with Gasteiger partial charge in [0.15, 0.2) is 0 Å². The molecule has 1 aliphatic heterocycles. The molecule has 1 fully saturated rings. The Bertz CT molecular complexity index is 395. The number of aryl methyl sites for hydroxylation is 2. The van der Waals surface area contributed by atoms with Crippen LogP contribution in [0, 0.1) is 13.8 Å². The first-order chi connectivity index (χ1) is 8.53. The zero-order chi connectivity index (χ0) is 13.2. The maximum absolute atomic E-state index is 11.0. The van der Waals surface area contributed by atoms with Crippen LogP contribution in [0.2, 0.25) is 0 Å². The Morgan fingerprint density at radius 2 is 1.78 bits per heavy atom. The van der Waals surface area contributed by atoms with Gasteiger partial charge in [0, 0.05) is 6.54 Å². The number of nitrogens with zero attached hydrogens (tertiary/aromatic N) is 1. The van der Waals surface area contributed by atoms with E-state index < -0.39 is 5.60 Å². The van der Waals surface area contributed by atoms with Gasteiger partial charge in [0.25, 0.3) is 0 Å². The van der Waals surface area contributed by atoms with Crippen LogP contribution in [-0.2, 0) is 5.60 Å². The summed E-state index contributed by atoms with van der Waals surface area (Å²) in [6.45, 7) is 9.61. The molecule has 1 N–H and O–H groups in total. The summed E-state index contributed by atoms with van der Waals surface area (Å²) in [5.41, 5.74) is 2.98. The van der Waals surface area contributed by atoms with Crippen LogP contribution in [-0.4, -0.2) is 29.6 Å². The quantitative estimate of drug-likeness (QED) is 0.868. The van der Waals surface area contributed by atoms with Crippen LogP contribution in [0.4, 0.5) is 0 Å². The van der Waals surface area contributed by atoms with Crippen molar-refractivity contribution in [3.05, 3.63) is 34.9 Å². The van der Waals surface area contributed by atoms with E-state index >= 15 is 0 Å². The number of rotatable bonds is 2. The van der Waals surface area contributed by atoms with Gasteiger partial charge in [-0.1, -0.05) is 36.2 Å². The normalized spacial score (nSPS) is 26.0. The number of benzene rings is 1. The minimum absolute atomic E-state index is 0.624. The molecule has 1 aromatic carbocycles. The maximum atomic E-state index is 11.0. The average molecular weight is 247 g/mol. The molecule has 18 heavy (non-hydrogen) atoms. The highest BCUT2D eigenvalue weighted by molar-refractivity contribution is 5.32. The minimum Gasteiger partial charge on any atom is -0.385 e. The summed E-state index contributed by atoms with van der Waals surface area (Å²) in [4.78, 5) is 2.43. The first-order valence-corrected chi connectivity index (χ1v) is 7.07. The largest absolute Gasteiger partial charge is 0.385 e. The van der Waals surface area contributed by atoms with Gasteiger partial charge in [0.05, 0.1) is 5.60 Å². The molecule has 0 saturated carbocycles. The summed E-state index contributed by atoms with van der Waals surface area (Å²) in [6, 6.07) is 6.46. The SMILES string of the molecule is CCN1CCCC(O)(c2cc(C)cc(C)c2)CC1. The summed E-state index contributed by atoms with van der Waals surface area (Å²) in [5.74, 6) is 0.